The second kappa shape index (κ2) is 6.19. The van der Waals surface area contributed by atoms with Gasteiger partial charge in [-0.3, -0.25) is 0 Å². The average molecular weight is 248 g/mol. The molecule has 18 heavy (non-hydrogen) atoms. The molecule has 0 spiro atoms. The number of aromatic nitrogens is 1. The van der Waals surface area contributed by atoms with E-state index in [0.29, 0.717) is 11.3 Å². The van der Waals surface area contributed by atoms with Gasteiger partial charge in [-0.25, -0.2) is 9.78 Å². The van der Waals surface area contributed by atoms with Gasteiger partial charge in [0.05, 0.1) is 18.4 Å². The van der Waals surface area contributed by atoms with Crippen LogP contribution in [-0.4, -0.2) is 31.2 Å². The smallest absolute Gasteiger partial charge is 0.339 e. The number of likely N-dealkylation sites (N-methyl/N-ethyl adjacent to an activating group) is 1. The van der Waals surface area contributed by atoms with Gasteiger partial charge in [0.2, 0.25) is 0 Å². The molecule has 0 saturated heterocycles. The molecule has 1 heterocycles. The number of hydrogen-bond acceptors (Lipinski definition) is 4. The molecule has 4 heteroatoms. The predicted molar refractivity (Wildman–Crippen MR) is 73.0 cm³/mol. The topological polar surface area (TPSA) is 42.4 Å². The Morgan fingerprint density at radius 2 is 2.17 bits per heavy atom. The molecule has 0 radical (unpaired) electrons. The molecule has 98 valence electrons. The van der Waals surface area contributed by atoms with Gasteiger partial charge < -0.3 is 9.64 Å². The number of methoxy groups -OCH3 is 1. The largest absolute Gasteiger partial charge is 0.465 e. The highest BCUT2D eigenvalue weighted by molar-refractivity contribution is 5.90. The van der Waals surface area contributed by atoms with Gasteiger partial charge in [0.1, 0.15) is 5.82 Å². The molecule has 0 aliphatic rings. The highest BCUT2D eigenvalue weighted by atomic mass is 16.5. The molecule has 0 unspecified atom stereocenters. The molecule has 0 atom stereocenters. The van der Waals surface area contributed by atoms with E-state index in [4.69, 9.17) is 4.74 Å². The number of nitrogens with zero attached hydrogens (tertiary/aromatic N) is 2. The van der Waals surface area contributed by atoms with Crippen LogP contribution in [0.15, 0.2) is 24.3 Å². The van der Waals surface area contributed by atoms with E-state index in [2.05, 4.69) is 23.4 Å². The van der Waals surface area contributed by atoms with Crippen LogP contribution in [-0.2, 0) is 4.74 Å². The average Bonchev–Trinajstić information content (AvgIpc) is 2.34. The molecule has 4 nitrogen and oxygen atoms in total. The summed E-state index contributed by atoms with van der Waals surface area (Å²) in [6, 6.07) is 3.59. The Morgan fingerprint density at radius 1 is 1.50 bits per heavy atom. The molecule has 0 aromatic carbocycles. The molecule has 0 amide bonds. The van der Waals surface area contributed by atoms with Gasteiger partial charge >= 0.3 is 5.97 Å². The minimum absolute atomic E-state index is 0.352. The van der Waals surface area contributed by atoms with E-state index in [0.717, 1.165) is 24.5 Å². The van der Waals surface area contributed by atoms with Crippen molar-refractivity contribution in [2.75, 3.05) is 25.1 Å². The number of esters is 1. The Labute approximate surface area is 108 Å². The summed E-state index contributed by atoms with van der Waals surface area (Å²) < 4.78 is 4.70. The van der Waals surface area contributed by atoms with Crippen molar-refractivity contribution in [1.82, 2.24) is 4.98 Å². The van der Waals surface area contributed by atoms with E-state index in [-0.39, 0.29) is 5.97 Å². The number of hydrogen-bond donors (Lipinski definition) is 0. The third-order valence-electron chi connectivity index (χ3n) is 2.64. The van der Waals surface area contributed by atoms with Crippen LogP contribution in [0.1, 0.15) is 29.9 Å². The zero-order valence-corrected chi connectivity index (χ0v) is 11.5. The molecular formula is C14H20N2O2. The van der Waals surface area contributed by atoms with Crippen LogP contribution in [0.25, 0.3) is 0 Å². The van der Waals surface area contributed by atoms with Crippen molar-refractivity contribution in [2.24, 2.45) is 0 Å². The van der Waals surface area contributed by atoms with E-state index >= 15 is 0 Å². The lowest BCUT2D eigenvalue weighted by atomic mass is 10.2. The van der Waals surface area contributed by atoms with E-state index in [1.165, 1.54) is 7.11 Å². The summed E-state index contributed by atoms with van der Waals surface area (Å²) in [6.07, 6.45) is 0. The van der Waals surface area contributed by atoms with E-state index in [1.807, 2.05) is 19.9 Å². The number of anilines is 1. The van der Waals surface area contributed by atoms with Crippen molar-refractivity contribution in [1.29, 1.82) is 0 Å². The Hall–Kier alpha value is -1.84. The number of carbonyl (C=O) groups is 1. The number of aryl methyl sites for hydroxylation is 1. The maximum Gasteiger partial charge on any atom is 0.339 e. The Morgan fingerprint density at radius 3 is 2.61 bits per heavy atom. The number of ether oxygens (including phenoxy) is 1. The highest BCUT2D eigenvalue weighted by Crippen LogP contribution is 2.16. The Balaban J connectivity index is 3.02. The highest BCUT2D eigenvalue weighted by Gasteiger charge is 2.13. The summed E-state index contributed by atoms with van der Waals surface area (Å²) in [5, 5.41) is 0. The lowest BCUT2D eigenvalue weighted by Crippen LogP contribution is -2.25. The summed E-state index contributed by atoms with van der Waals surface area (Å²) in [6.45, 7) is 11.4. The van der Waals surface area contributed by atoms with Crippen molar-refractivity contribution in [3.63, 3.8) is 0 Å². The molecule has 0 aliphatic heterocycles. The minimum atomic E-state index is -0.352. The normalized spacial score (nSPS) is 10.0. The number of rotatable bonds is 5. The minimum Gasteiger partial charge on any atom is -0.465 e. The number of pyridine rings is 1. The molecule has 0 N–H and O–H groups in total. The van der Waals surface area contributed by atoms with E-state index in [1.54, 1.807) is 6.07 Å². The van der Waals surface area contributed by atoms with Crippen LogP contribution in [0.2, 0.25) is 0 Å². The molecular weight excluding hydrogens is 228 g/mol. The summed E-state index contributed by atoms with van der Waals surface area (Å²) in [7, 11) is 1.37. The van der Waals surface area contributed by atoms with Gasteiger partial charge in [-0.15, -0.1) is 0 Å². The van der Waals surface area contributed by atoms with Crippen LogP contribution in [0, 0.1) is 6.92 Å². The Kier molecular flexibility index (Phi) is 4.89. The fourth-order valence-electron chi connectivity index (χ4n) is 1.73. The molecule has 0 bridgehead atoms. The molecule has 0 aliphatic carbocycles. The SMILES string of the molecule is C=C(C)CN(CC)c1ccc(C(=O)OC)c(C)n1. The molecule has 1 aromatic heterocycles. The van der Waals surface area contributed by atoms with Crippen LogP contribution in [0.3, 0.4) is 0 Å². The van der Waals surface area contributed by atoms with Crippen molar-refractivity contribution in [3.05, 3.63) is 35.5 Å². The van der Waals surface area contributed by atoms with Gasteiger partial charge in [0, 0.05) is 13.1 Å². The zero-order chi connectivity index (χ0) is 13.7. The summed E-state index contributed by atoms with van der Waals surface area (Å²) in [5.41, 5.74) is 2.26. The van der Waals surface area contributed by atoms with Crippen LogP contribution < -0.4 is 4.90 Å². The van der Waals surface area contributed by atoms with Gasteiger partial charge in [-0.05, 0) is 32.9 Å². The van der Waals surface area contributed by atoms with Crippen LogP contribution in [0.5, 0.6) is 0 Å². The fraction of sp³-hybridized carbons (Fsp3) is 0.429. The first-order valence-electron chi connectivity index (χ1n) is 5.94. The molecule has 1 aromatic rings. The monoisotopic (exact) mass is 248 g/mol. The van der Waals surface area contributed by atoms with Crippen LogP contribution in [0.4, 0.5) is 5.82 Å². The van der Waals surface area contributed by atoms with Crippen molar-refractivity contribution < 1.29 is 9.53 Å². The predicted octanol–water partition coefficient (Wildman–Crippen LogP) is 2.58. The maximum absolute atomic E-state index is 11.5. The number of carbonyl (C=O) groups excluding carboxylic acids is 1. The van der Waals surface area contributed by atoms with Crippen molar-refractivity contribution >= 4 is 11.8 Å². The Bertz CT molecular complexity index is 455. The first kappa shape index (κ1) is 14.2. The standard InChI is InChI=1S/C14H20N2O2/c1-6-16(9-10(2)3)13-8-7-12(11(4)15-13)14(17)18-5/h7-8H,2,6,9H2,1,3-5H3. The molecule has 0 fully saturated rings. The lowest BCUT2D eigenvalue weighted by molar-refractivity contribution is 0.0599. The van der Waals surface area contributed by atoms with Gasteiger partial charge in [0.15, 0.2) is 0 Å². The molecule has 1 rings (SSSR count). The van der Waals surface area contributed by atoms with E-state index in [9.17, 15) is 4.79 Å². The zero-order valence-electron chi connectivity index (χ0n) is 11.5. The quantitative estimate of drug-likeness (QED) is 0.593. The van der Waals surface area contributed by atoms with Crippen LogP contribution >= 0.6 is 0 Å². The fourth-order valence-corrected chi connectivity index (χ4v) is 1.73. The van der Waals surface area contributed by atoms with Gasteiger partial charge in [0.25, 0.3) is 0 Å². The summed E-state index contributed by atoms with van der Waals surface area (Å²) in [4.78, 5) is 18.0. The third kappa shape index (κ3) is 3.32. The van der Waals surface area contributed by atoms with E-state index < -0.39 is 0 Å². The van der Waals surface area contributed by atoms with Crippen molar-refractivity contribution in [2.45, 2.75) is 20.8 Å². The maximum atomic E-state index is 11.5. The van der Waals surface area contributed by atoms with Gasteiger partial charge in [-0.1, -0.05) is 12.2 Å². The van der Waals surface area contributed by atoms with Crippen molar-refractivity contribution in [3.8, 4) is 0 Å². The second-order valence-corrected chi connectivity index (χ2v) is 4.27. The molecule has 0 saturated carbocycles. The summed E-state index contributed by atoms with van der Waals surface area (Å²) in [5.74, 6) is 0.500. The first-order valence-corrected chi connectivity index (χ1v) is 5.94. The summed E-state index contributed by atoms with van der Waals surface area (Å²) >= 11 is 0. The second-order valence-electron chi connectivity index (χ2n) is 4.27. The first-order chi connectivity index (χ1) is 8.49. The third-order valence-corrected chi connectivity index (χ3v) is 2.64. The lowest BCUT2D eigenvalue weighted by Gasteiger charge is -2.22. The van der Waals surface area contributed by atoms with Gasteiger partial charge in [-0.2, -0.15) is 0 Å².